The van der Waals surface area contributed by atoms with E-state index in [1.807, 2.05) is 0 Å². The van der Waals surface area contributed by atoms with Crippen LogP contribution in [0.3, 0.4) is 0 Å². The van der Waals surface area contributed by atoms with E-state index in [1.54, 1.807) is 30.3 Å². The summed E-state index contributed by atoms with van der Waals surface area (Å²) >= 11 is 0. The molecule has 2 aromatic rings. The number of nitrogens with one attached hydrogen (secondary N) is 1. The van der Waals surface area contributed by atoms with Gasteiger partial charge in [0.05, 0.1) is 0 Å². The molecule has 1 amide bonds. The van der Waals surface area contributed by atoms with Gasteiger partial charge in [-0.25, -0.2) is 8.78 Å². The van der Waals surface area contributed by atoms with Crippen molar-refractivity contribution in [2.24, 2.45) is 0 Å². The van der Waals surface area contributed by atoms with Gasteiger partial charge in [-0.2, -0.15) is 0 Å². The Morgan fingerprint density at radius 2 is 1.74 bits per heavy atom. The van der Waals surface area contributed by atoms with E-state index in [4.69, 9.17) is 0 Å². The maximum absolute atomic E-state index is 13.0. The van der Waals surface area contributed by atoms with Crippen LogP contribution in [-0.2, 0) is 4.79 Å². The summed E-state index contributed by atoms with van der Waals surface area (Å²) in [7, 11) is 0. The number of anilines is 1. The molecule has 0 aliphatic carbocycles. The Balaban J connectivity index is 2.10. The minimum absolute atomic E-state index is 0.0823. The predicted molar refractivity (Wildman–Crippen MR) is 66.4 cm³/mol. The summed E-state index contributed by atoms with van der Waals surface area (Å²) in [6, 6.07) is 11.3. The molecule has 0 radical (unpaired) electrons. The van der Waals surface area contributed by atoms with Gasteiger partial charge in [0.2, 0.25) is 0 Å². The standard InChI is InChI=1S/C14H11F2NO2/c15-11-7-6-10(8-12(11)16)17-14(19)13(18)9-4-2-1-3-5-9/h1-8,13,18H,(H,17,19). The number of halogens is 2. The monoisotopic (exact) mass is 263 g/mol. The second-order valence-corrected chi connectivity index (χ2v) is 3.93. The number of carbonyl (C=O) groups excluding carboxylic acids is 1. The van der Waals surface area contributed by atoms with Crippen molar-refractivity contribution in [3.8, 4) is 0 Å². The number of aliphatic hydroxyl groups excluding tert-OH is 1. The third kappa shape index (κ3) is 3.14. The largest absolute Gasteiger partial charge is 0.378 e. The maximum Gasteiger partial charge on any atom is 0.257 e. The Hall–Kier alpha value is -2.27. The van der Waals surface area contributed by atoms with E-state index in [0.29, 0.717) is 5.56 Å². The average Bonchev–Trinajstić information content (AvgIpc) is 2.43. The third-order valence-corrected chi connectivity index (χ3v) is 2.55. The van der Waals surface area contributed by atoms with Gasteiger partial charge in [-0.1, -0.05) is 30.3 Å². The molecule has 5 heteroatoms. The van der Waals surface area contributed by atoms with E-state index in [2.05, 4.69) is 5.32 Å². The Bertz CT molecular complexity index is 587. The topological polar surface area (TPSA) is 49.3 Å². The van der Waals surface area contributed by atoms with Crippen LogP contribution in [0.2, 0.25) is 0 Å². The number of carbonyl (C=O) groups is 1. The van der Waals surface area contributed by atoms with Crippen LogP contribution < -0.4 is 5.32 Å². The highest BCUT2D eigenvalue weighted by molar-refractivity contribution is 5.94. The Kier molecular flexibility index (Phi) is 3.87. The Morgan fingerprint density at radius 1 is 1.05 bits per heavy atom. The summed E-state index contributed by atoms with van der Waals surface area (Å²) in [5.74, 6) is -2.77. The molecule has 0 saturated heterocycles. The van der Waals surface area contributed by atoms with Crippen molar-refractivity contribution in [3.05, 3.63) is 65.7 Å². The highest BCUT2D eigenvalue weighted by Gasteiger charge is 2.17. The third-order valence-electron chi connectivity index (χ3n) is 2.55. The van der Waals surface area contributed by atoms with E-state index < -0.39 is 23.6 Å². The number of hydrogen-bond acceptors (Lipinski definition) is 2. The molecule has 0 fully saturated rings. The van der Waals surface area contributed by atoms with Crippen LogP contribution in [-0.4, -0.2) is 11.0 Å². The van der Waals surface area contributed by atoms with E-state index in [1.165, 1.54) is 6.07 Å². The first-order valence-corrected chi connectivity index (χ1v) is 5.57. The average molecular weight is 263 g/mol. The molecule has 2 rings (SSSR count). The van der Waals surface area contributed by atoms with Crippen LogP contribution in [0.4, 0.5) is 14.5 Å². The van der Waals surface area contributed by atoms with Crippen molar-refractivity contribution in [2.45, 2.75) is 6.10 Å². The Labute approximate surface area is 108 Å². The van der Waals surface area contributed by atoms with E-state index in [-0.39, 0.29) is 5.69 Å². The van der Waals surface area contributed by atoms with Crippen LogP contribution in [0, 0.1) is 11.6 Å². The molecular formula is C14H11F2NO2. The number of hydrogen-bond donors (Lipinski definition) is 2. The smallest absolute Gasteiger partial charge is 0.257 e. The molecule has 0 aliphatic heterocycles. The molecule has 0 spiro atoms. The first-order valence-electron chi connectivity index (χ1n) is 5.57. The fraction of sp³-hybridized carbons (Fsp3) is 0.0714. The van der Waals surface area contributed by atoms with Gasteiger partial charge < -0.3 is 10.4 Å². The van der Waals surface area contributed by atoms with Gasteiger partial charge in [0.25, 0.3) is 5.91 Å². The molecule has 0 saturated carbocycles. The van der Waals surface area contributed by atoms with Crippen LogP contribution in [0.5, 0.6) is 0 Å². The maximum atomic E-state index is 13.0. The lowest BCUT2D eigenvalue weighted by Crippen LogP contribution is -2.20. The predicted octanol–water partition coefficient (Wildman–Crippen LogP) is 2.64. The van der Waals surface area contributed by atoms with Crippen molar-refractivity contribution >= 4 is 11.6 Å². The summed E-state index contributed by atoms with van der Waals surface area (Å²) < 4.78 is 25.7. The lowest BCUT2D eigenvalue weighted by Gasteiger charge is -2.11. The summed E-state index contributed by atoms with van der Waals surface area (Å²) in [6.07, 6.45) is -1.37. The molecule has 1 atom stereocenters. The zero-order valence-electron chi connectivity index (χ0n) is 9.81. The van der Waals surface area contributed by atoms with E-state index in [9.17, 15) is 18.7 Å². The van der Waals surface area contributed by atoms with Crippen LogP contribution in [0.1, 0.15) is 11.7 Å². The lowest BCUT2D eigenvalue weighted by molar-refractivity contribution is -0.124. The number of benzene rings is 2. The highest BCUT2D eigenvalue weighted by atomic mass is 19.2. The summed E-state index contributed by atoms with van der Waals surface area (Å²) in [4.78, 5) is 11.7. The highest BCUT2D eigenvalue weighted by Crippen LogP contribution is 2.17. The first kappa shape index (κ1) is 13.2. The summed E-state index contributed by atoms with van der Waals surface area (Å²) in [5, 5.41) is 12.1. The second kappa shape index (κ2) is 5.58. The van der Waals surface area contributed by atoms with Gasteiger partial charge in [-0.3, -0.25) is 4.79 Å². The molecule has 2 N–H and O–H groups in total. The molecule has 3 nitrogen and oxygen atoms in total. The van der Waals surface area contributed by atoms with Crippen LogP contribution >= 0.6 is 0 Å². The minimum Gasteiger partial charge on any atom is -0.378 e. The van der Waals surface area contributed by atoms with Gasteiger partial charge in [0.15, 0.2) is 17.7 Å². The number of aliphatic hydroxyl groups is 1. The quantitative estimate of drug-likeness (QED) is 0.894. The summed E-state index contributed by atoms with van der Waals surface area (Å²) in [6.45, 7) is 0. The minimum atomic E-state index is -1.37. The molecule has 0 heterocycles. The molecule has 0 aromatic heterocycles. The molecule has 1 unspecified atom stereocenters. The van der Waals surface area contributed by atoms with Crippen molar-refractivity contribution in [2.75, 3.05) is 5.32 Å². The molecule has 19 heavy (non-hydrogen) atoms. The van der Waals surface area contributed by atoms with Crippen molar-refractivity contribution in [1.82, 2.24) is 0 Å². The van der Waals surface area contributed by atoms with Crippen molar-refractivity contribution in [1.29, 1.82) is 0 Å². The van der Waals surface area contributed by atoms with E-state index in [0.717, 1.165) is 12.1 Å². The normalized spacial score (nSPS) is 11.9. The molecule has 98 valence electrons. The molecule has 0 aliphatic rings. The summed E-state index contributed by atoms with van der Waals surface area (Å²) in [5.41, 5.74) is 0.501. The molecule has 0 bridgehead atoms. The van der Waals surface area contributed by atoms with Crippen molar-refractivity contribution in [3.63, 3.8) is 0 Å². The SMILES string of the molecule is O=C(Nc1ccc(F)c(F)c1)C(O)c1ccccc1. The first-order chi connectivity index (χ1) is 9.08. The van der Waals surface area contributed by atoms with Crippen molar-refractivity contribution < 1.29 is 18.7 Å². The van der Waals surface area contributed by atoms with Crippen LogP contribution in [0.15, 0.2) is 48.5 Å². The second-order valence-electron chi connectivity index (χ2n) is 3.93. The zero-order valence-corrected chi connectivity index (χ0v) is 9.81. The fourth-order valence-electron chi connectivity index (χ4n) is 1.57. The molecular weight excluding hydrogens is 252 g/mol. The van der Waals surface area contributed by atoms with E-state index >= 15 is 0 Å². The fourth-order valence-corrected chi connectivity index (χ4v) is 1.57. The van der Waals surface area contributed by atoms with Gasteiger partial charge in [-0.15, -0.1) is 0 Å². The van der Waals surface area contributed by atoms with Gasteiger partial charge in [-0.05, 0) is 17.7 Å². The molecule has 2 aromatic carbocycles. The number of rotatable bonds is 3. The number of amides is 1. The van der Waals surface area contributed by atoms with Gasteiger partial charge in [0, 0.05) is 11.8 Å². The van der Waals surface area contributed by atoms with Crippen LogP contribution in [0.25, 0.3) is 0 Å². The Morgan fingerprint density at radius 3 is 2.37 bits per heavy atom. The van der Waals surface area contributed by atoms with Gasteiger partial charge >= 0.3 is 0 Å². The lowest BCUT2D eigenvalue weighted by atomic mass is 10.1. The van der Waals surface area contributed by atoms with Gasteiger partial charge in [0.1, 0.15) is 0 Å². The zero-order chi connectivity index (χ0) is 13.8.